The molecular weight excluding hydrogens is 220 g/mol. The largest absolute Gasteiger partial charge is 0.469 e. The first-order chi connectivity index (χ1) is 7.05. The summed E-state index contributed by atoms with van der Waals surface area (Å²) in [6, 6.07) is 0. The van der Waals surface area contributed by atoms with Gasteiger partial charge in [0.05, 0.1) is 12.7 Å². The van der Waals surface area contributed by atoms with E-state index in [2.05, 4.69) is 4.74 Å². The maximum absolute atomic E-state index is 11.1. The number of carbonyl (C=O) groups excluding carboxylic acids is 1. The number of esters is 1. The molecule has 15 heavy (non-hydrogen) atoms. The summed E-state index contributed by atoms with van der Waals surface area (Å²) in [4.78, 5) is 11.1. The van der Waals surface area contributed by atoms with E-state index in [1.54, 1.807) is 6.92 Å². The second kappa shape index (κ2) is 6.91. The molecule has 0 N–H and O–H groups in total. The highest BCUT2D eigenvalue weighted by molar-refractivity contribution is 6.36. The predicted octanol–water partition coefficient (Wildman–Crippen LogP) is -0.381. The van der Waals surface area contributed by atoms with Gasteiger partial charge in [0.2, 0.25) is 0 Å². The Balaban J connectivity index is 4.16. The highest BCUT2D eigenvalue weighted by atomic mass is 28.2. The van der Waals surface area contributed by atoms with E-state index in [-0.39, 0.29) is 11.5 Å². The molecule has 0 heterocycles. The van der Waals surface area contributed by atoms with E-state index in [0.29, 0.717) is 0 Å². The van der Waals surface area contributed by atoms with Crippen molar-refractivity contribution in [1.29, 1.82) is 0 Å². The third-order valence-electron chi connectivity index (χ3n) is 1.86. The molecule has 1 atom stereocenters. The second-order valence-corrected chi connectivity index (χ2v) is 4.69. The fourth-order valence-electron chi connectivity index (χ4n) is 0.923. The van der Waals surface area contributed by atoms with Gasteiger partial charge >= 0.3 is 12.1 Å². The molecule has 0 fully saturated rings. The minimum atomic E-state index is -1.51. The van der Waals surface area contributed by atoms with E-state index in [1.807, 2.05) is 0 Å². The summed E-state index contributed by atoms with van der Waals surface area (Å²) in [5.41, 5.74) is -0.283. The van der Waals surface area contributed by atoms with Crippen molar-refractivity contribution in [3.05, 3.63) is 0 Å². The molecule has 0 saturated carbocycles. The van der Waals surface area contributed by atoms with Gasteiger partial charge in [-0.15, -0.1) is 0 Å². The van der Waals surface area contributed by atoms with Crippen molar-refractivity contribution in [2.24, 2.45) is 0 Å². The van der Waals surface area contributed by atoms with Crippen molar-refractivity contribution in [3.8, 4) is 0 Å². The lowest BCUT2D eigenvalue weighted by molar-refractivity contribution is -0.450. The van der Waals surface area contributed by atoms with Crippen LogP contribution in [0, 0.1) is 0 Å². The molecule has 0 aromatic heterocycles. The van der Waals surface area contributed by atoms with Crippen LogP contribution in [0.5, 0.6) is 0 Å². The van der Waals surface area contributed by atoms with Gasteiger partial charge < -0.3 is 23.4 Å². The van der Waals surface area contributed by atoms with Crippen molar-refractivity contribution in [3.63, 3.8) is 0 Å². The predicted molar refractivity (Wildman–Crippen MR) is 54.8 cm³/mol. The first kappa shape index (κ1) is 14.5. The Hall–Kier alpha value is -0.473. The monoisotopic (exact) mass is 238 g/mol. The summed E-state index contributed by atoms with van der Waals surface area (Å²) < 4.78 is 24.7. The van der Waals surface area contributed by atoms with Crippen LogP contribution in [0.25, 0.3) is 0 Å². The normalized spacial score (nSPS) is 14.5. The van der Waals surface area contributed by atoms with Crippen LogP contribution < -0.4 is 0 Å². The van der Waals surface area contributed by atoms with Crippen LogP contribution in [-0.2, 0) is 28.2 Å². The van der Waals surface area contributed by atoms with E-state index >= 15 is 0 Å². The van der Waals surface area contributed by atoms with Crippen LogP contribution in [-0.4, -0.2) is 50.3 Å². The zero-order valence-corrected chi connectivity index (χ0v) is 11.1. The summed E-state index contributed by atoms with van der Waals surface area (Å²) in [5.74, 6) is -0.307. The molecular formula is C8H18O6Si. The Kier molecular flexibility index (Phi) is 6.69. The minimum absolute atomic E-state index is 0.283. The quantitative estimate of drug-likeness (QED) is 0.342. The Morgan fingerprint density at radius 1 is 1.13 bits per heavy atom. The van der Waals surface area contributed by atoms with Crippen molar-refractivity contribution in [1.82, 2.24) is 0 Å². The molecule has 1 unspecified atom stereocenters. The highest BCUT2D eigenvalue weighted by Gasteiger charge is 2.32. The van der Waals surface area contributed by atoms with Crippen LogP contribution in [0.15, 0.2) is 0 Å². The van der Waals surface area contributed by atoms with Gasteiger partial charge in [0, 0.05) is 21.3 Å². The standard InChI is InChI=1S/C8H18O6Si/c1-6(7(9)10-2)15-14-8(11-3,12-4)13-5/h6H,15H2,1-5H3. The van der Waals surface area contributed by atoms with Crippen LogP contribution in [0.4, 0.5) is 0 Å². The molecule has 0 aliphatic rings. The molecule has 0 aromatic rings. The maximum Gasteiger partial charge on any atom is 0.401 e. The molecule has 7 heteroatoms. The fraction of sp³-hybridized carbons (Fsp3) is 0.875. The third kappa shape index (κ3) is 4.27. The van der Waals surface area contributed by atoms with E-state index in [4.69, 9.17) is 18.6 Å². The average molecular weight is 238 g/mol. The van der Waals surface area contributed by atoms with Crippen molar-refractivity contribution in [2.75, 3.05) is 28.4 Å². The van der Waals surface area contributed by atoms with Crippen LogP contribution >= 0.6 is 0 Å². The first-order valence-electron chi connectivity index (χ1n) is 4.42. The maximum atomic E-state index is 11.1. The molecule has 6 nitrogen and oxygen atoms in total. The zero-order chi connectivity index (χ0) is 11.9. The molecule has 0 aliphatic carbocycles. The molecule has 0 aliphatic heterocycles. The minimum Gasteiger partial charge on any atom is -0.469 e. The summed E-state index contributed by atoms with van der Waals surface area (Å²) in [6.07, 6.45) is -1.51. The van der Waals surface area contributed by atoms with Gasteiger partial charge in [0.15, 0.2) is 9.76 Å². The number of hydrogen-bond acceptors (Lipinski definition) is 6. The summed E-state index contributed by atoms with van der Waals surface area (Å²) in [6.45, 7) is 1.73. The molecule has 0 saturated heterocycles. The number of methoxy groups -OCH3 is 4. The van der Waals surface area contributed by atoms with Gasteiger partial charge in [0.25, 0.3) is 0 Å². The van der Waals surface area contributed by atoms with Crippen molar-refractivity contribution < 1.29 is 28.2 Å². The van der Waals surface area contributed by atoms with Crippen LogP contribution in [0.1, 0.15) is 6.92 Å². The smallest absolute Gasteiger partial charge is 0.401 e. The molecule has 0 aromatic carbocycles. The SMILES string of the molecule is COC(=O)C(C)[SiH2]OC(OC)(OC)OC. The van der Waals surface area contributed by atoms with Crippen LogP contribution in [0.2, 0.25) is 5.54 Å². The molecule has 0 bridgehead atoms. The Morgan fingerprint density at radius 3 is 1.93 bits per heavy atom. The van der Waals surface area contributed by atoms with Gasteiger partial charge in [-0.1, -0.05) is 6.92 Å². The molecule has 0 spiro atoms. The van der Waals surface area contributed by atoms with Crippen molar-refractivity contribution >= 4 is 15.7 Å². The van der Waals surface area contributed by atoms with Crippen LogP contribution in [0.3, 0.4) is 0 Å². The summed E-state index contributed by atoms with van der Waals surface area (Å²) in [7, 11) is 4.31. The molecule has 90 valence electrons. The number of carbonyl (C=O) groups is 1. The lowest BCUT2D eigenvalue weighted by atomic mass is 10.5. The third-order valence-corrected chi connectivity index (χ3v) is 3.22. The van der Waals surface area contributed by atoms with Crippen molar-refractivity contribution in [2.45, 2.75) is 18.6 Å². The zero-order valence-electron chi connectivity index (χ0n) is 9.73. The van der Waals surface area contributed by atoms with Gasteiger partial charge in [-0.2, -0.15) is 0 Å². The topological polar surface area (TPSA) is 63.2 Å². The van der Waals surface area contributed by atoms with Gasteiger partial charge in [0.1, 0.15) is 0 Å². The van der Waals surface area contributed by atoms with E-state index in [1.165, 1.54) is 28.4 Å². The number of rotatable bonds is 7. The fourth-order valence-corrected chi connectivity index (χ4v) is 2.03. The van der Waals surface area contributed by atoms with Gasteiger partial charge in [-0.3, -0.25) is 4.79 Å². The Morgan fingerprint density at radius 2 is 1.60 bits per heavy atom. The average Bonchev–Trinajstić information content (AvgIpc) is 2.30. The Bertz CT molecular complexity index is 185. The molecule has 0 amide bonds. The van der Waals surface area contributed by atoms with E-state index in [9.17, 15) is 4.79 Å². The van der Waals surface area contributed by atoms with Gasteiger partial charge in [-0.05, 0) is 0 Å². The molecule has 0 radical (unpaired) electrons. The molecule has 0 rings (SSSR count). The lowest BCUT2D eigenvalue weighted by Gasteiger charge is -2.28. The summed E-state index contributed by atoms with van der Waals surface area (Å²) in [5, 5.41) is 0. The second-order valence-electron chi connectivity index (χ2n) is 2.85. The van der Waals surface area contributed by atoms with E-state index in [0.717, 1.165) is 0 Å². The number of ether oxygens (including phenoxy) is 4. The Labute approximate surface area is 91.7 Å². The highest BCUT2D eigenvalue weighted by Crippen LogP contribution is 2.16. The number of hydrogen-bond donors (Lipinski definition) is 0. The van der Waals surface area contributed by atoms with Gasteiger partial charge in [-0.25, -0.2) is 0 Å². The summed E-state index contributed by atoms with van der Waals surface area (Å²) >= 11 is 0. The first-order valence-corrected chi connectivity index (χ1v) is 5.81. The van der Waals surface area contributed by atoms with E-state index < -0.39 is 15.9 Å². The lowest BCUT2D eigenvalue weighted by Crippen LogP contribution is -2.41.